The number of hydrogen-bond acceptors (Lipinski definition) is 5. The summed E-state index contributed by atoms with van der Waals surface area (Å²) in [6, 6.07) is 20.8. The Kier molecular flexibility index (Phi) is 5.87. The number of anilines is 2. The molecule has 7 heteroatoms. The molecule has 0 saturated carbocycles. The van der Waals surface area contributed by atoms with Gasteiger partial charge in [-0.15, -0.1) is 0 Å². The number of methoxy groups -OCH3 is 1. The summed E-state index contributed by atoms with van der Waals surface area (Å²) in [6.45, 7) is 3.11. The summed E-state index contributed by atoms with van der Waals surface area (Å²) in [5.41, 5.74) is 3.99. The SMILES string of the molecule is COc1ccc2[nH]c(Nc3ccc(-c4ccc(C(=O)CC(C)(C)C(=O)O)cc4)cc3)nc2c1. The zero-order chi connectivity index (χ0) is 23.6. The quantitative estimate of drug-likeness (QED) is 0.303. The van der Waals surface area contributed by atoms with Crippen LogP contribution in [-0.4, -0.2) is 33.9 Å². The fraction of sp³-hybridized carbons (Fsp3) is 0.192. The van der Waals surface area contributed by atoms with Crippen molar-refractivity contribution in [1.82, 2.24) is 9.97 Å². The standard InChI is InChI=1S/C26H25N3O4/c1-26(2,24(31)32)15-23(30)18-6-4-16(5-7-18)17-8-10-19(11-9-17)27-25-28-21-13-12-20(33-3)14-22(21)29-25/h4-14H,15H2,1-3H3,(H,31,32)(H2,27,28,29). The molecule has 0 spiro atoms. The van der Waals surface area contributed by atoms with Gasteiger partial charge in [-0.2, -0.15) is 0 Å². The van der Waals surface area contributed by atoms with Crippen LogP contribution in [0, 0.1) is 5.41 Å². The zero-order valence-corrected chi connectivity index (χ0v) is 18.7. The number of fused-ring (bicyclic) bond motifs is 1. The number of carboxylic acids is 1. The number of Topliss-reactive ketones (excluding diaryl/α,β-unsaturated/α-hetero) is 1. The fourth-order valence-electron chi connectivity index (χ4n) is 3.48. The molecule has 0 bridgehead atoms. The molecule has 1 aromatic heterocycles. The van der Waals surface area contributed by atoms with Gasteiger partial charge < -0.3 is 20.1 Å². The summed E-state index contributed by atoms with van der Waals surface area (Å²) in [6.07, 6.45) is -0.0450. The minimum Gasteiger partial charge on any atom is -0.497 e. The number of benzene rings is 3. The maximum Gasteiger partial charge on any atom is 0.309 e. The molecular formula is C26H25N3O4. The van der Waals surface area contributed by atoms with Crippen LogP contribution >= 0.6 is 0 Å². The molecule has 0 aliphatic rings. The van der Waals surface area contributed by atoms with Crippen molar-refractivity contribution < 1.29 is 19.4 Å². The number of carbonyl (C=O) groups excluding carboxylic acids is 1. The summed E-state index contributed by atoms with van der Waals surface area (Å²) < 4.78 is 5.24. The van der Waals surface area contributed by atoms with E-state index in [1.165, 1.54) is 0 Å². The first-order valence-electron chi connectivity index (χ1n) is 10.5. The van der Waals surface area contributed by atoms with E-state index >= 15 is 0 Å². The number of aliphatic carboxylic acids is 1. The number of rotatable bonds is 8. The zero-order valence-electron chi connectivity index (χ0n) is 18.7. The van der Waals surface area contributed by atoms with Gasteiger partial charge in [0.25, 0.3) is 0 Å². The van der Waals surface area contributed by atoms with E-state index in [4.69, 9.17) is 4.74 Å². The highest BCUT2D eigenvalue weighted by atomic mass is 16.5. The molecule has 0 radical (unpaired) electrons. The first-order valence-corrected chi connectivity index (χ1v) is 10.5. The van der Waals surface area contributed by atoms with Gasteiger partial charge in [-0.25, -0.2) is 4.98 Å². The number of carboxylic acid groups (broad SMARTS) is 1. The number of H-pyrrole nitrogens is 1. The first kappa shape index (κ1) is 22.1. The van der Waals surface area contributed by atoms with Gasteiger partial charge in [0.1, 0.15) is 5.75 Å². The Bertz CT molecular complexity index is 1310. The molecule has 4 aromatic rings. The number of nitrogens with zero attached hydrogens (tertiary/aromatic N) is 1. The Morgan fingerprint density at radius 2 is 1.64 bits per heavy atom. The predicted molar refractivity (Wildman–Crippen MR) is 128 cm³/mol. The second-order valence-corrected chi connectivity index (χ2v) is 8.54. The van der Waals surface area contributed by atoms with Crippen LogP contribution in [0.5, 0.6) is 5.75 Å². The number of aromatic nitrogens is 2. The summed E-state index contributed by atoms with van der Waals surface area (Å²) >= 11 is 0. The van der Waals surface area contributed by atoms with Gasteiger partial charge in [0.2, 0.25) is 5.95 Å². The molecule has 0 aliphatic carbocycles. The third kappa shape index (κ3) is 4.87. The van der Waals surface area contributed by atoms with Gasteiger partial charge in [0, 0.05) is 23.7 Å². The molecule has 1 heterocycles. The summed E-state index contributed by atoms with van der Waals surface area (Å²) in [5.74, 6) is 0.224. The molecule has 168 valence electrons. The molecule has 4 rings (SSSR count). The molecule has 33 heavy (non-hydrogen) atoms. The van der Waals surface area contributed by atoms with Crippen LogP contribution in [0.1, 0.15) is 30.6 Å². The van der Waals surface area contributed by atoms with Crippen molar-refractivity contribution in [2.75, 3.05) is 12.4 Å². The second-order valence-electron chi connectivity index (χ2n) is 8.54. The Morgan fingerprint density at radius 1 is 1.00 bits per heavy atom. The number of nitrogens with one attached hydrogen (secondary N) is 2. The maximum atomic E-state index is 12.4. The van der Waals surface area contributed by atoms with Crippen molar-refractivity contribution >= 4 is 34.4 Å². The monoisotopic (exact) mass is 443 g/mol. The van der Waals surface area contributed by atoms with Crippen molar-refractivity contribution in [1.29, 1.82) is 0 Å². The smallest absolute Gasteiger partial charge is 0.309 e. The highest BCUT2D eigenvalue weighted by Crippen LogP contribution is 2.27. The van der Waals surface area contributed by atoms with Crippen molar-refractivity contribution in [2.45, 2.75) is 20.3 Å². The largest absolute Gasteiger partial charge is 0.497 e. The van der Waals surface area contributed by atoms with Gasteiger partial charge in [-0.05, 0) is 49.2 Å². The number of hydrogen-bond donors (Lipinski definition) is 3. The van der Waals surface area contributed by atoms with E-state index in [-0.39, 0.29) is 12.2 Å². The van der Waals surface area contributed by atoms with Crippen LogP contribution in [-0.2, 0) is 4.79 Å². The predicted octanol–water partition coefficient (Wildman–Crippen LogP) is 5.67. The van der Waals surface area contributed by atoms with E-state index in [0.29, 0.717) is 11.5 Å². The van der Waals surface area contributed by atoms with Crippen LogP contribution in [0.15, 0.2) is 66.7 Å². The molecule has 0 aliphatic heterocycles. The summed E-state index contributed by atoms with van der Waals surface area (Å²) in [4.78, 5) is 31.5. The lowest BCUT2D eigenvalue weighted by Crippen LogP contribution is -2.26. The molecule has 0 saturated heterocycles. The van der Waals surface area contributed by atoms with Crippen LogP contribution in [0.3, 0.4) is 0 Å². The van der Waals surface area contributed by atoms with E-state index in [1.54, 1.807) is 33.1 Å². The van der Waals surface area contributed by atoms with Crippen LogP contribution in [0.2, 0.25) is 0 Å². The Morgan fingerprint density at radius 3 is 2.24 bits per heavy atom. The van der Waals surface area contributed by atoms with E-state index in [0.717, 1.165) is 33.6 Å². The number of ketones is 1. The molecule has 3 aromatic carbocycles. The van der Waals surface area contributed by atoms with Crippen LogP contribution < -0.4 is 10.1 Å². The fourth-order valence-corrected chi connectivity index (χ4v) is 3.48. The Labute approximate surface area is 191 Å². The molecule has 0 amide bonds. The average molecular weight is 444 g/mol. The van der Waals surface area contributed by atoms with Crippen molar-refractivity contribution in [3.05, 3.63) is 72.3 Å². The average Bonchev–Trinajstić information content (AvgIpc) is 3.20. The third-order valence-corrected chi connectivity index (χ3v) is 5.56. The Hall–Kier alpha value is -4.13. The minimum absolute atomic E-state index is 0.0450. The first-order chi connectivity index (χ1) is 15.7. The van der Waals surface area contributed by atoms with Gasteiger partial charge in [-0.3, -0.25) is 9.59 Å². The topological polar surface area (TPSA) is 104 Å². The number of carbonyl (C=O) groups is 2. The lowest BCUT2D eigenvalue weighted by atomic mass is 9.85. The maximum absolute atomic E-state index is 12.4. The lowest BCUT2D eigenvalue weighted by Gasteiger charge is -2.17. The van der Waals surface area contributed by atoms with Crippen molar-refractivity contribution in [3.63, 3.8) is 0 Å². The van der Waals surface area contributed by atoms with Gasteiger partial charge >= 0.3 is 5.97 Å². The highest BCUT2D eigenvalue weighted by molar-refractivity contribution is 5.99. The summed E-state index contributed by atoms with van der Waals surface area (Å²) in [5, 5.41) is 12.5. The molecule has 7 nitrogen and oxygen atoms in total. The normalized spacial score (nSPS) is 11.4. The van der Waals surface area contributed by atoms with Gasteiger partial charge in [0.15, 0.2) is 5.78 Å². The van der Waals surface area contributed by atoms with E-state index in [1.807, 2.05) is 54.6 Å². The molecule has 0 unspecified atom stereocenters. The van der Waals surface area contributed by atoms with E-state index in [2.05, 4.69) is 15.3 Å². The molecule has 3 N–H and O–H groups in total. The van der Waals surface area contributed by atoms with E-state index in [9.17, 15) is 14.7 Å². The van der Waals surface area contributed by atoms with Crippen molar-refractivity contribution in [2.24, 2.45) is 5.41 Å². The Balaban J connectivity index is 1.45. The van der Waals surface area contributed by atoms with Crippen LogP contribution in [0.4, 0.5) is 11.6 Å². The third-order valence-electron chi connectivity index (χ3n) is 5.56. The number of aromatic amines is 1. The lowest BCUT2D eigenvalue weighted by molar-refractivity contribution is -0.146. The molecular weight excluding hydrogens is 418 g/mol. The van der Waals surface area contributed by atoms with E-state index < -0.39 is 11.4 Å². The van der Waals surface area contributed by atoms with Crippen LogP contribution in [0.25, 0.3) is 22.2 Å². The van der Waals surface area contributed by atoms with Gasteiger partial charge in [0.05, 0.1) is 23.6 Å². The molecule has 0 fully saturated rings. The number of imidazole rings is 1. The van der Waals surface area contributed by atoms with Crippen molar-refractivity contribution in [3.8, 4) is 16.9 Å². The minimum atomic E-state index is -1.09. The second kappa shape index (κ2) is 8.78. The molecule has 0 atom stereocenters. The summed E-state index contributed by atoms with van der Waals surface area (Å²) in [7, 11) is 1.63. The van der Waals surface area contributed by atoms with Gasteiger partial charge in [-0.1, -0.05) is 36.4 Å². The highest BCUT2D eigenvalue weighted by Gasteiger charge is 2.30. The number of ether oxygens (including phenoxy) is 1.